The summed E-state index contributed by atoms with van der Waals surface area (Å²) in [7, 11) is 1.62. The van der Waals surface area contributed by atoms with Crippen LogP contribution < -0.4 is 4.74 Å². The van der Waals surface area contributed by atoms with E-state index in [9.17, 15) is 10.2 Å². The van der Waals surface area contributed by atoms with Crippen LogP contribution in [0.15, 0.2) is 47.5 Å². The number of aliphatic imine (C=N–C) groups is 1. The second kappa shape index (κ2) is 6.44. The Balaban J connectivity index is 1.77. The molecule has 0 saturated carbocycles. The first-order valence-corrected chi connectivity index (χ1v) is 8.97. The van der Waals surface area contributed by atoms with Crippen molar-refractivity contribution in [2.45, 2.75) is 0 Å². The van der Waals surface area contributed by atoms with Gasteiger partial charge in [-0.05, 0) is 54.7 Å². The van der Waals surface area contributed by atoms with Crippen LogP contribution in [0.3, 0.4) is 0 Å². The fraction of sp³-hybridized carbons (Fsp3) is 0.0526. The number of thiazole rings is 1. The SMILES string of the molecule is COc1ccc2c(c1)N=CC2=Cc1sc(=S)n(-c2ccc(O)cc2)c1O. The van der Waals surface area contributed by atoms with Crippen LogP contribution in [-0.2, 0) is 0 Å². The van der Waals surface area contributed by atoms with Crippen LogP contribution in [0.25, 0.3) is 17.3 Å². The molecule has 5 nitrogen and oxygen atoms in total. The molecule has 0 amide bonds. The number of aromatic nitrogens is 1. The van der Waals surface area contributed by atoms with Crippen molar-refractivity contribution in [1.29, 1.82) is 0 Å². The molecule has 0 radical (unpaired) electrons. The molecule has 1 aliphatic heterocycles. The van der Waals surface area contributed by atoms with Crippen molar-refractivity contribution >= 4 is 47.1 Å². The van der Waals surface area contributed by atoms with Gasteiger partial charge in [-0.1, -0.05) is 0 Å². The third kappa shape index (κ3) is 2.81. The molecule has 0 atom stereocenters. The molecule has 0 saturated heterocycles. The summed E-state index contributed by atoms with van der Waals surface area (Å²) in [5.41, 5.74) is 3.39. The monoisotopic (exact) mass is 382 g/mol. The number of hydrogen-bond acceptors (Lipinski definition) is 6. The Kier molecular flexibility index (Phi) is 4.10. The molecule has 26 heavy (non-hydrogen) atoms. The topological polar surface area (TPSA) is 67.0 Å². The molecule has 0 aliphatic carbocycles. The highest BCUT2D eigenvalue weighted by atomic mass is 32.1. The number of fused-ring (bicyclic) bond motifs is 1. The number of aromatic hydroxyl groups is 2. The van der Waals surface area contributed by atoms with Gasteiger partial charge in [-0.3, -0.25) is 9.56 Å². The highest BCUT2D eigenvalue weighted by Crippen LogP contribution is 2.38. The number of benzene rings is 2. The van der Waals surface area contributed by atoms with Crippen molar-refractivity contribution in [2.75, 3.05) is 7.11 Å². The second-order valence-electron chi connectivity index (χ2n) is 5.65. The maximum atomic E-state index is 10.7. The Hall–Kier alpha value is -2.90. The van der Waals surface area contributed by atoms with E-state index in [0.717, 1.165) is 22.6 Å². The first-order chi connectivity index (χ1) is 12.6. The normalized spacial score (nSPS) is 14.0. The lowest BCUT2D eigenvalue weighted by atomic mass is 10.1. The van der Waals surface area contributed by atoms with Crippen molar-refractivity contribution in [1.82, 2.24) is 4.57 Å². The molecule has 0 spiro atoms. The minimum atomic E-state index is 0.0635. The maximum absolute atomic E-state index is 10.7. The van der Waals surface area contributed by atoms with Gasteiger partial charge >= 0.3 is 0 Å². The summed E-state index contributed by atoms with van der Waals surface area (Å²) in [6.07, 6.45) is 3.63. The zero-order valence-electron chi connectivity index (χ0n) is 13.7. The van der Waals surface area contributed by atoms with E-state index in [1.54, 1.807) is 42.2 Å². The summed E-state index contributed by atoms with van der Waals surface area (Å²) in [5.74, 6) is 0.972. The van der Waals surface area contributed by atoms with Crippen molar-refractivity contribution in [3.63, 3.8) is 0 Å². The van der Waals surface area contributed by atoms with Gasteiger partial charge in [0.05, 0.1) is 23.4 Å². The van der Waals surface area contributed by atoms with Gasteiger partial charge in [0.15, 0.2) is 3.95 Å². The first-order valence-electron chi connectivity index (χ1n) is 7.75. The quantitative estimate of drug-likeness (QED) is 0.630. The van der Waals surface area contributed by atoms with E-state index >= 15 is 0 Å². The summed E-state index contributed by atoms with van der Waals surface area (Å²) >= 11 is 6.72. The Morgan fingerprint density at radius 2 is 1.92 bits per heavy atom. The highest BCUT2D eigenvalue weighted by Gasteiger charge is 2.17. The van der Waals surface area contributed by atoms with E-state index in [-0.39, 0.29) is 11.6 Å². The lowest BCUT2D eigenvalue weighted by Gasteiger charge is -2.05. The van der Waals surface area contributed by atoms with Crippen molar-refractivity contribution in [3.05, 3.63) is 56.9 Å². The summed E-state index contributed by atoms with van der Waals surface area (Å²) in [4.78, 5) is 5.05. The van der Waals surface area contributed by atoms with Crippen LogP contribution in [0.2, 0.25) is 0 Å². The molecule has 0 unspecified atom stereocenters. The van der Waals surface area contributed by atoms with Gasteiger partial charge in [0, 0.05) is 23.4 Å². The summed E-state index contributed by atoms with van der Waals surface area (Å²) in [5, 5.41) is 20.1. The van der Waals surface area contributed by atoms with E-state index < -0.39 is 0 Å². The Bertz CT molecular complexity index is 1110. The number of nitrogens with zero attached hydrogens (tertiary/aromatic N) is 2. The molecule has 1 aliphatic rings. The van der Waals surface area contributed by atoms with Crippen LogP contribution in [0.5, 0.6) is 17.4 Å². The fourth-order valence-corrected chi connectivity index (χ4v) is 4.06. The standard InChI is InChI=1S/C19H14N2O3S2/c1-24-14-6-7-15-11(10-20-16(15)9-14)8-17-18(23)21(19(25)26-17)12-2-4-13(22)5-3-12/h2-10,22-23H,1H3. The van der Waals surface area contributed by atoms with Crippen molar-refractivity contribution in [2.24, 2.45) is 4.99 Å². The average molecular weight is 382 g/mol. The van der Waals surface area contributed by atoms with Crippen LogP contribution >= 0.6 is 23.6 Å². The van der Waals surface area contributed by atoms with E-state index in [0.29, 0.717) is 14.5 Å². The average Bonchev–Trinajstić information content (AvgIpc) is 3.16. The van der Waals surface area contributed by atoms with Crippen LogP contribution in [0, 0.1) is 3.95 Å². The van der Waals surface area contributed by atoms with Gasteiger partial charge in [0.25, 0.3) is 0 Å². The van der Waals surface area contributed by atoms with E-state index in [2.05, 4.69) is 4.99 Å². The smallest absolute Gasteiger partial charge is 0.215 e. The Morgan fingerprint density at radius 1 is 1.15 bits per heavy atom. The lowest BCUT2D eigenvalue weighted by Crippen LogP contribution is -1.92. The summed E-state index contributed by atoms with van der Waals surface area (Å²) < 4.78 is 7.32. The molecule has 4 rings (SSSR count). The molecular weight excluding hydrogens is 368 g/mol. The predicted octanol–water partition coefficient (Wildman–Crippen LogP) is 4.94. The van der Waals surface area contributed by atoms with Gasteiger partial charge in [0.1, 0.15) is 11.5 Å². The molecule has 2 heterocycles. The molecule has 1 aromatic heterocycles. The minimum Gasteiger partial charge on any atom is -0.508 e. The molecule has 2 aromatic carbocycles. The molecule has 130 valence electrons. The van der Waals surface area contributed by atoms with Gasteiger partial charge in [0.2, 0.25) is 5.88 Å². The maximum Gasteiger partial charge on any atom is 0.215 e. The zero-order valence-corrected chi connectivity index (χ0v) is 15.3. The Labute approximate surface area is 158 Å². The number of phenolic OH excluding ortho intramolecular Hbond substituents is 1. The zero-order chi connectivity index (χ0) is 18.3. The lowest BCUT2D eigenvalue weighted by molar-refractivity contribution is 0.415. The molecular formula is C19H14N2O3S2. The van der Waals surface area contributed by atoms with Crippen LogP contribution in [0.4, 0.5) is 5.69 Å². The molecule has 0 bridgehead atoms. The van der Waals surface area contributed by atoms with Crippen molar-refractivity contribution < 1.29 is 14.9 Å². The van der Waals surface area contributed by atoms with E-state index in [1.807, 2.05) is 24.3 Å². The van der Waals surface area contributed by atoms with Crippen LogP contribution in [0.1, 0.15) is 10.4 Å². The first kappa shape index (κ1) is 16.6. The molecule has 7 heteroatoms. The number of allylic oxidation sites excluding steroid dienone is 1. The van der Waals surface area contributed by atoms with Crippen LogP contribution in [-0.4, -0.2) is 28.1 Å². The van der Waals surface area contributed by atoms with Gasteiger partial charge in [-0.2, -0.15) is 0 Å². The summed E-state index contributed by atoms with van der Waals surface area (Å²) in [6.45, 7) is 0. The minimum absolute atomic E-state index is 0.0635. The highest BCUT2D eigenvalue weighted by molar-refractivity contribution is 7.73. The predicted molar refractivity (Wildman–Crippen MR) is 107 cm³/mol. The number of rotatable bonds is 3. The second-order valence-corrected chi connectivity index (χ2v) is 7.32. The Morgan fingerprint density at radius 3 is 2.65 bits per heavy atom. The van der Waals surface area contributed by atoms with E-state index in [1.165, 1.54) is 11.3 Å². The van der Waals surface area contributed by atoms with Gasteiger partial charge in [-0.15, -0.1) is 11.3 Å². The van der Waals surface area contributed by atoms with Gasteiger partial charge in [-0.25, -0.2) is 0 Å². The van der Waals surface area contributed by atoms with Crippen molar-refractivity contribution in [3.8, 4) is 23.1 Å². The molecule has 3 aromatic rings. The molecule has 2 N–H and O–H groups in total. The third-order valence-electron chi connectivity index (χ3n) is 4.07. The number of phenols is 1. The third-order valence-corrected chi connectivity index (χ3v) is 5.38. The number of hydrogen-bond donors (Lipinski definition) is 2. The summed E-state index contributed by atoms with van der Waals surface area (Å²) in [6, 6.07) is 12.2. The molecule has 0 fully saturated rings. The number of ether oxygens (including phenoxy) is 1. The number of methoxy groups -OCH3 is 1. The largest absolute Gasteiger partial charge is 0.508 e. The fourth-order valence-electron chi connectivity index (χ4n) is 2.76. The van der Waals surface area contributed by atoms with Gasteiger partial charge < -0.3 is 14.9 Å². The van der Waals surface area contributed by atoms with E-state index in [4.69, 9.17) is 17.0 Å².